The first-order valence-electron chi connectivity index (χ1n) is 6.38. The van der Waals surface area contributed by atoms with Crippen molar-refractivity contribution in [1.82, 2.24) is 10.3 Å². The van der Waals surface area contributed by atoms with Gasteiger partial charge in [0.25, 0.3) is 5.91 Å². The minimum Gasteiger partial charge on any atom is -0.365 e. The van der Waals surface area contributed by atoms with Crippen molar-refractivity contribution in [2.24, 2.45) is 5.73 Å². The lowest BCUT2D eigenvalue weighted by molar-refractivity contribution is 0.100. The molecule has 1 aromatic heterocycles. The molecule has 1 aliphatic heterocycles. The van der Waals surface area contributed by atoms with Gasteiger partial charge in [-0.05, 0) is 38.9 Å². The third kappa shape index (κ3) is 2.46. The maximum Gasteiger partial charge on any atom is 0.252 e. The summed E-state index contributed by atoms with van der Waals surface area (Å²) in [5.41, 5.74) is 6.85. The number of hydrogen-bond acceptors (Lipinski definition) is 4. The molecule has 0 bridgehead atoms. The fourth-order valence-electron chi connectivity index (χ4n) is 2.44. The summed E-state index contributed by atoms with van der Waals surface area (Å²) >= 11 is 0. The smallest absolute Gasteiger partial charge is 0.252 e. The van der Waals surface area contributed by atoms with E-state index in [2.05, 4.69) is 22.1 Å². The van der Waals surface area contributed by atoms with Crippen LogP contribution >= 0.6 is 0 Å². The van der Waals surface area contributed by atoms with Crippen LogP contribution in [-0.4, -0.2) is 36.6 Å². The average molecular weight is 248 g/mol. The fraction of sp³-hybridized carbons (Fsp3) is 0.538. The van der Waals surface area contributed by atoms with Crippen molar-refractivity contribution in [2.45, 2.75) is 26.3 Å². The SMILES string of the molecule is CCN(c1nc(C)ccc1C(N)=O)C1CCNC1. The predicted molar refractivity (Wildman–Crippen MR) is 71.8 cm³/mol. The van der Waals surface area contributed by atoms with Gasteiger partial charge in [-0.15, -0.1) is 0 Å². The van der Waals surface area contributed by atoms with Crippen LogP contribution in [0.25, 0.3) is 0 Å². The molecule has 0 saturated carbocycles. The Morgan fingerprint density at radius 3 is 2.94 bits per heavy atom. The van der Waals surface area contributed by atoms with Crippen LogP contribution in [0.1, 0.15) is 29.4 Å². The Morgan fingerprint density at radius 2 is 2.39 bits per heavy atom. The average Bonchev–Trinajstić information content (AvgIpc) is 2.83. The van der Waals surface area contributed by atoms with E-state index in [9.17, 15) is 4.79 Å². The third-order valence-corrected chi connectivity index (χ3v) is 3.37. The van der Waals surface area contributed by atoms with Crippen LogP contribution in [0.15, 0.2) is 12.1 Å². The minimum atomic E-state index is -0.415. The lowest BCUT2D eigenvalue weighted by Gasteiger charge is -2.29. The van der Waals surface area contributed by atoms with Crippen LogP contribution < -0.4 is 16.0 Å². The van der Waals surface area contributed by atoms with Crippen molar-refractivity contribution in [3.63, 3.8) is 0 Å². The number of nitrogens with two attached hydrogens (primary N) is 1. The van der Waals surface area contributed by atoms with E-state index in [1.165, 1.54) is 0 Å². The summed E-state index contributed by atoms with van der Waals surface area (Å²) in [5, 5.41) is 3.33. The van der Waals surface area contributed by atoms with Gasteiger partial charge in [-0.2, -0.15) is 0 Å². The summed E-state index contributed by atoms with van der Waals surface area (Å²) in [6.45, 7) is 6.77. The molecule has 0 radical (unpaired) electrons. The van der Waals surface area contributed by atoms with Gasteiger partial charge in [0.1, 0.15) is 5.82 Å². The summed E-state index contributed by atoms with van der Waals surface area (Å²) < 4.78 is 0. The topological polar surface area (TPSA) is 71.2 Å². The van der Waals surface area contributed by atoms with Gasteiger partial charge in [0, 0.05) is 24.8 Å². The van der Waals surface area contributed by atoms with Crippen LogP contribution in [0.2, 0.25) is 0 Å². The number of amides is 1. The molecule has 1 aromatic rings. The zero-order chi connectivity index (χ0) is 13.1. The molecule has 1 unspecified atom stereocenters. The van der Waals surface area contributed by atoms with Gasteiger partial charge in [-0.25, -0.2) is 4.98 Å². The van der Waals surface area contributed by atoms with Crippen molar-refractivity contribution in [1.29, 1.82) is 0 Å². The molecule has 5 heteroatoms. The molecule has 2 heterocycles. The van der Waals surface area contributed by atoms with Gasteiger partial charge in [0.05, 0.1) is 5.56 Å². The maximum atomic E-state index is 11.5. The van der Waals surface area contributed by atoms with E-state index < -0.39 is 5.91 Å². The molecule has 2 rings (SSSR count). The molecule has 3 N–H and O–H groups in total. The van der Waals surface area contributed by atoms with Gasteiger partial charge in [-0.3, -0.25) is 4.79 Å². The monoisotopic (exact) mass is 248 g/mol. The van der Waals surface area contributed by atoms with E-state index in [1.807, 2.05) is 13.0 Å². The Bertz CT molecular complexity index is 441. The molecule has 18 heavy (non-hydrogen) atoms. The number of aryl methyl sites for hydroxylation is 1. The largest absolute Gasteiger partial charge is 0.365 e. The molecule has 0 aromatic carbocycles. The number of likely N-dealkylation sites (N-methyl/N-ethyl adjacent to an activating group) is 1. The summed E-state index contributed by atoms with van der Waals surface area (Å²) in [7, 11) is 0. The molecule has 1 saturated heterocycles. The molecule has 1 amide bonds. The summed E-state index contributed by atoms with van der Waals surface area (Å²) in [6, 6.07) is 3.98. The Morgan fingerprint density at radius 1 is 1.61 bits per heavy atom. The molecule has 5 nitrogen and oxygen atoms in total. The molecule has 1 fully saturated rings. The number of rotatable bonds is 4. The maximum absolute atomic E-state index is 11.5. The number of hydrogen-bond donors (Lipinski definition) is 2. The second-order valence-electron chi connectivity index (χ2n) is 4.62. The van der Waals surface area contributed by atoms with Crippen LogP contribution in [0.3, 0.4) is 0 Å². The fourth-order valence-corrected chi connectivity index (χ4v) is 2.44. The van der Waals surface area contributed by atoms with Crippen LogP contribution in [0.4, 0.5) is 5.82 Å². The van der Waals surface area contributed by atoms with Gasteiger partial charge < -0.3 is 16.0 Å². The Hall–Kier alpha value is -1.62. The van der Waals surface area contributed by atoms with E-state index in [-0.39, 0.29) is 0 Å². The first-order chi connectivity index (χ1) is 8.63. The normalized spacial score (nSPS) is 18.9. The Kier molecular flexibility index (Phi) is 3.81. The highest BCUT2D eigenvalue weighted by Crippen LogP contribution is 2.22. The summed E-state index contributed by atoms with van der Waals surface area (Å²) in [5.74, 6) is 0.306. The van der Waals surface area contributed by atoms with E-state index in [0.29, 0.717) is 11.6 Å². The third-order valence-electron chi connectivity index (χ3n) is 3.37. The first kappa shape index (κ1) is 12.8. The van der Waals surface area contributed by atoms with Crippen molar-refractivity contribution in [2.75, 3.05) is 24.5 Å². The van der Waals surface area contributed by atoms with Gasteiger partial charge >= 0.3 is 0 Å². The Balaban J connectivity index is 2.39. The molecule has 1 aliphatic rings. The zero-order valence-electron chi connectivity index (χ0n) is 10.9. The van der Waals surface area contributed by atoms with E-state index >= 15 is 0 Å². The van der Waals surface area contributed by atoms with Crippen LogP contribution in [0, 0.1) is 6.92 Å². The highest BCUT2D eigenvalue weighted by atomic mass is 16.1. The first-order valence-corrected chi connectivity index (χ1v) is 6.38. The number of carbonyl (C=O) groups excluding carboxylic acids is 1. The second kappa shape index (κ2) is 5.35. The number of nitrogens with zero attached hydrogens (tertiary/aromatic N) is 2. The predicted octanol–water partition coefficient (Wildman–Crippen LogP) is 0.677. The minimum absolute atomic E-state index is 0.391. The molecule has 98 valence electrons. The van der Waals surface area contributed by atoms with Crippen molar-refractivity contribution < 1.29 is 4.79 Å². The van der Waals surface area contributed by atoms with E-state index in [1.54, 1.807) is 6.07 Å². The molecule has 0 spiro atoms. The second-order valence-corrected chi connectivity index (χ2v) is 4.62. The summed E-state index contributed by atoms with van der Waals surface area (Å²) in [4.78, 5) is 18.2. The van der Waals surface area contributed by atoms with Gasteiger partial charge in [0.15, 0.2) is 0 Å². The number of pyridine rings is 1. The molecular weight excluding hydrogens is 228 g/mol. The highest BCUT2D eigenvalue weighted by Gasteiger charge is 2.25. The van der Waals surface area contributed by atoms with Crippen molar-refractivity contribution >= 4 is 11.7 Å². The van der Waals surface area contributed by atoms with Gasteiger partial charge in [0.2, 0.25) is 0 Å². The number of primary amides is 1. The molecule has 0 aliphatic carbocycles. The van der Waals surface area contributed by atoms with Crippen LogP contribution in [-0.2, 0) is 0 Å². The van der Waals surface area contributed by atoms with E-state index in [4.69, 9.17) is 5.73 Å². The van der Waals surface area contributed by atoms with Crippen molar-refractivity contribution in [3.8, 4) is 0 Å². The van der Waals surface area contributed by atoms with Crippen molar-refractivity contribution in [3.05, 3.63) is 23.4 Å². The van der Waals surface area contributed by atoms with E-state index in [0.717, 1.165) is 37.6 Å². The number of anilines is 1. The quantitative estimate of drug-likeness (QED) is 0.822. The lowest BCUT2D eigenvalue weighted by Crippen LogP contribution is -2.38. The highest BCUT2D eigenvalue weighted by molar-refractivity contribution is 5.97. The molecular formula is C13H20N4O. The van der Waals surface area contributed by atoms with Gasteiger partial charge in [-0.1, -0.05) is 0 Å². The number of aromatic nitrogens is 1. The zero-order valence-corrected chi connectivity index (χ0v) is 10.9. The molecule has 1 atom stereocenters. The lowest BCUT2D eigenvalue weighted by atomic mass is 10.1. The standard InChI is InChI=1S/C13H20N4O/c1-3-17(10-6-7-15-8-10)13-11(12(14)18)5-4-9(2)16-13/h4-5,10,15H,3,6-8H2,1-2H3,(H2,14,18). The Labute approximate surface area is 107 Å². The number of nitrogens with one attached hydrogen (secondary N) is 1. The van der Waals surface area contributed by atoms with Crippen LogP contribution in [0.5, 0.6) is 0 Å². The summed E-state index contributed by atoms with van der Waals surface area (Å²) in [6.07, 6.45) is 1.07. The number of carbonyl (C=O) groups is 1.